The fourth-order valence-corrected chi connectivity index (χ4v) is 3.55. The minimum absolute atomic E-state index is 0.154. The Morgan fingerprint density at radius 1 is 1.30 bits per heavy atom. The van der Waals surface area contributed by atoms with Crippen molar-refractivity contribution in [3.8, 4) is 11.8 Å². The van der Waals surface area contributed by atoms with Crippen LogP contribution in [-0.2, 0) is 14.3 Å². The number of unbranched alkanes of at least 4 members (excludes halogenated alkanes) is 3. The van der Waals surface area contributed by atoms with Gasteiger partial charge in [-0.25, -0.2) is 0 Å². The number of hydrogen-bond acceptors (Lipinski definition) is 4. The Labute approximate surface area is 164 Å². The molecule has 0 radical (unpaired) electrons. The fraction of sp³-hybridized carbons (Fsp3) is 0.818. The minimum atomic E-state index is -0.355. The van der Waals surface area contributed by atoms with Crippen LogP contribution < -0.4 is 0 Å². The van der Waals surface area contributed by atoms with Gasteiger partial charge in [0.05, 0.1) is 13.2 Å². The molecule has 1 fully saturated rings. The molecule has 1 saturated heterocycles. The van der Waals surface area contributed by atoms with E-state index in [0.717, 1.165) is 64.3 Å². The first-order chi connectivity index (χ1) is 13.0. The molecule has 1 aliphatic rings. The van der Waals surface area contributed by atoms with Crippen LogP contribution in [0, 0.1) is 17.8 Å². The van der Waals surface area contributed by atoms with E-state index in [2.05, 4.69) is 16.6 Å². The molecule has 1 heterocycles. The topological polar surface area (TPSA) is 66.8 Å². The first-order valence-corrected chi connectivity index (χ1v) is 10.5. The molecule has 0 spiro atoms. The molecule has 1 N–H and O–H groups in total. The third kappa shape index (κ3) is 9.28. The van der Waals surface area contributed by atoms with Gasteiger partial charge in [0.2, 0.25) is 5.91 Å². The molecule has 0 aromatic carbocycles. The summed E-state index contributed by atoms with van der Waals surface area (Å²) in [5, 5.41) is 10.4. The third-order valence-electron chi connectivity index (χ3n) is 5.39. The number of aliphatic hydroxyl groups excluding tert-OH is 1. The van der Waals surface area contributed by atoms with E-state index in [-0.39, 0.29) is 29.9 Å². The van der Waals surface area contributed by atoms with Crippen LogP contribution in [0.15, 0.2) is 0 Å². The SMILES string of the molecule is CCC#CC[C@H](C)[C@@H](O)CC[C@H]1CCC(=O)N1CCCCCCC(=O)OC. The Balaban J connectivity index is 2.27. The van der Waals surface area contributed by atoms with Gasteiger partial charge < -0.3 is 14.7 Å². The number of methoxy groups -OCH3 is 1. The lowest BCUT2D eigenvalue weighted by molar-refractivity contribution is -0.140. The highest BCUT2D eigenvalue weighted by Gasteiger charge is 2.30. The van der Waals surface area contributed by atoms with Crippen LogP contribution in [0.25, 0.3) is 0 Å². The maximum absolute atomic E-state index is 12.2. The highest BCUT2D eigenvalue weighted by atomic mass is 16.5. The summed E-state index contributed by atoms with van der Waals surface area (Å²) in [5.74, 6) is 6.42. The van der Waals surface area contributed by atoms with Gasteiger partial charge in [0.15, 0.2) is 0 Å². The Kier molecular flexibility index (Phi) is 11.8. The van der Waals surface area contributed by atoms with Crippen molar-refractivity contribution in [2.75, 3.05) is 13.7 Å². The molecule has 0 unspecified atom stereocenters. The number of ether oxygens (including phenoxy) is 1. The van der Waals surface area contributed by atoms with Gasteiger partial charge in [0, 0.05) is 38.3 Å². The summed E-state index contributed by atoms with van der Waals surface area (Å²) < 4.78 is 4.64. The van der Waals surface area contributed by atoms with E-state index >= 15 is 0 Å². The predicted molar refractivity (Wildman–Crippen MR) is 107 cm³/mol. The van der Waals surface area contributed by atoms with Crippen molar-refractivity contribution >= 4 is 11.9 Å². The van der Waals surface area contributed by atoms with E-state index in [1.165, 1.54) is 7.11 Å². The lowest BCUT2D eigenvalue weighted by atomic mass is 9.95. The van der Waals surface area contributed by atoms with Crippen molar-refractivity contribution in [3.05, 3.63) is 0 Å². The zero-order chi connectivity index (χ0) is 20.1. The molecule has 27 heavy (non-hydrogen) atoms. The number of aliphatic hydroxyl groups is 1. The molecule has 5 nitrogen and oxygen atoms in total. The predicted octanol–water partition coefficient (Wildman–Crippen LogP) is 3.68. The molecule has 0 aromatic heterocycles. The maximum atomic E-state index is 12.2. The molecular weight excluding hydrogens is 342 g/mol. The monoisotopic (exact) mass is 379 g/mol. The summed E-state index contributed by atoms with van der Waals surface area (Å²) in [6.45, 7) is 4.86. The quantitative estimate of drug-likeness (QED) is 0.319. The number of carbonyl (C=O) groups excluding carboxylic acids is 2. The number of carbonyl (C=O) groups is 2. The standard InChI is InChI=1S/C22H37NO4/c1-4-5-8-11-18(2)20(24)15-13-19-14-16-21(25)23(19)17-10-7-6-9-12-22(26)27-3/h18-20,24H,4,6-7,9-17H2,1-3H3/t18-,19-,20-/m0/s1. The molecule has 0 aromatic rings. The summed E-state index contributed by atoms with van der Waals surface area (Å²) in [4.78, 5) is 25.3. The zero-order valence-electron chi connectivity index (χ0n) is 17.3. The van der Waals surface area contributed by atoms with E-state index in [4.69, 9.17) is 0 Å². The lowest BCUT2D eigenvalue weighted by Gasteiger charge is -2.26. The van der Waals surface area contributed by atoms with Gasteiger partial charge in [-0.15, -0.1) is 11.8 Å². The van der Waals surface area contributed by atoms with Crippen LogP contribution in [0.2, 0.25) is 0 Å². The number of amides is 1. The Bertz CT molecular complexity index is 508. The summed E-state index contributed by atoms with van der Waals surface area (Å²) >= 11 is 0. The second-order valence-corrected chi connectivity index (χ2v) is 7.55. The molecule has 0 bridgehead atoms. The average Bonchev–Trinajstić information content (AvgIpc) is 3.02. The van der Waals surface area contributed by atoms with Gasteiger partial charge >= 0.3 is 5.97 Å². The molecular formula is C22H37NO4. The molecule has 1 amide bonds. The van der Waals surface area contributed by atoms with E-state index in [0.29, 0.717) is 12.8 Å². The number of rotatable bonds is 12. The molecule has 1 aliphatic heterocycles. The van der Waals surface area contributed by atoms with Crippen LogP contribution in [0.3, 0.4) is 0 Å². The van der Waals surface area contributed by atoms with Crippen molar-refractivity contribution in [1.82, 2.24) is 4.90 Å². The van der Waals surface area contributed by atoms with Crippen molar-refractivity contribution in [3.63, 3.8) is 0 Å². The Morgan fingerprint density at radius 2 is 2.04 bits per heavy atom. The molecule has 1 rings (SSSR count). The van der Waals surface area contributed by atoms with Gasteiger partial charge in [0.25, 0.3) is 0 Å². The summed E-state index contributed by atoms with van der Waals surface area (Å²) in [5.41, 5.74) is 0. The van der Waals surface area contributed by atoms with Gasteiger partial charge in [-0.3, -0.25) is 9.59 Å². The summed E-state index contributed by atoms with van der Waals surface area (Å²) in [6, 6.07) is 0.260. The van der Waals surface area contributed by atoms with Crippen molar-refractivity contribution < 1.29 is 19.4 Å². The lowest BCUT2D eigenvalue weighted by Crippen LogP contribution is -2.34. The van der Waals surface area contributed by atoms with Crippen molar-refractivity contribution in [2.24, 2.45) is 5.92 Å². The van der Waals surface area contributed by atoms with Crippen LogP contribution in [0.1, 0.15) is 84.5 Å². The summed E-state index contributed by atoms with van der Waals surface area (Å²) in [6.07, 6.45) is 8.62. The minimum Gasteiger partial charge on any atom is -0.469 e. The van der Waals surface area contributed by atoms with E-state index in [9.17, 15) is 14.7 Å². The van der Waals surface area contributed by atoms with Crippen LogP contribution in [0.5, 0.6) is 0 Å². The highest BCUT2D eigenvalue weighted by molar-refractivity contribution is 5.78. The number of nitrogens with zero attached hydrogens (tertiary/aromatic N) is 1. The van der Waals surface area contributed by atoms with Crippen LogP contribution in [0.4, 0.5) is 0 Å². The number of esters is 1. The Hall–Kier alpha value is -1.54. The number of hydrogen-bond donors (Lipinski definition) is 1. The van der Waals surface area contributed by atoms with E-state index < -0.39 is 0 Å². The normalized spacial score (nSPS) is 18.7. The molecule has 0 saturated carbocycles. The summed E-state index contributed by atoms with van der Waals surface area (Å²) in [7, 11) is 1.41. The Morgan fingerprint density at radius 3 is 2.74 bits per heavy atom. The van der Waals surface area contributed by atoms with E-state index in [1.807, 2.05) is 18.7 Å². The molecule has 0 aliphatic carbocycles. The van der Waals surface area contributed by atoms with Gasteiger partial charge in [-0.2, -0.15) is 0 Å². The molecule has 3 atom stereocenters. The van der Waals surface area contributed by atoms with Crippen LogP contribution in [-0.4, -0.2) is 47.7 Å². The molecule has 154 valence electrons. The first kappa shape index (κ1) is 23.5. The van der Waals surface area contributed by atoms with Gasteiger partial charge in [-0.05, 0) is 38.0 Å². The second-order valence-electron chi connectivity index (χ2n) is 7.55. The highest BCUT2D eigenvalue weighted by Crippen LogP contribution is 2.25. The number of likely N-dealkylation sites (tertiary alicyclic amines) is 1. The van der Waals surface area contributed by atoms with Crippen LogP contribution >= 0.6 is 0 Å². The van der Waals surface area contributed by atoms with Crippen molar-refractivity contribution in [2.45, 2.75) is 96.6 Å². The van der Waals surface area contributed by atoms with Gasteiger partial charge in [-0.1, -0.05) is 26.7 Å². The zero-order valence-corrected chi connectivity index (χ0v) is 17.3. The third-order valence-corrected chi connectivity index (χ3v) is 5.39. The van der Waals surface area contributed by atoms with E-state index in [1.54, 1.807) is 0 Å². The second kappa shape index (κ2) is 13.6. The van der Waals surface area contributed by atoms with Gasteiger partial charge in [0.1, 0.15) is 0 Å². The molecule has 5 heteroatoms. The average molecular weight is 380 g/mol. The van der Waals surface area contributed by atoms with Crippen molar-refractivity contribution in [1.29, 1.82) is 0 Å². The fourth-order valence-electron chi connectivity index (χ4n) is 3.55. The largest absolute Gasteiger partial charge is 0.469 e. The first-order valence-electron chi connectivity index (χ1n) is 10.5. The maximum Gasteiger partial charge on any atom is 0.305 e. The smallest absolute Gasteiger partial charge is 0.305 e.